The van der Waals surface area contributed by atoms with E-state index >= 15 is 0 Å². The predicted molar refractivity (Wildman–Crippen MR) is 90.1 cm³/mol. The number of nitrogens with zero attached hydrogens (tertiary/aromatic N) is 1. The number of amides is 2. The van der Waals surface area contributed by atoms with E-state index in [2.05, 4.69) is 19.2 Å². The first-order valence-electron chi connectivity index (χ1n) is 8.28. The summed E-state index contributed by atoms with van der Waals surface area (Å²) in [5.74, 6) is 0.222. The molecule has 1 aromatic rings. The van der Waals surface area contributed by atoms with E-state index in [0.717, 1.165) is 50.0 Å². The number of hydrogen-bond donors (Lipinski definition) is 1. The fourth-order valence-electron chi connectivity index (χ4n) is 3.13. The Morgan fingerprint density at radius 2 is 1.91 bits per heavy atom. The maximum Gasteiger partial charge on any atom is 0.227 e. The van der Waals surface area contributed by atoms with E-state index < -0.39 is 0 Å². The molecule has 0 radical (unpaired) electrons. The van der Waals surface area contributed by atoms with Gasteiger partial charge in [0.1, 0.15) is 0 Å². The van der Waals surface area contributed by atoms with Crippen LogP contribution in [0, 0.1) is 5.92 Å². The first kappa shape index (κ1) is 16.5. The van der Waals surface area contributed by atoms with E-state index in [1.54, 1.807) is 11.8 Å². The van der Waals surface area contributed by atoms with Gasteiger partial charge in [-0.3, -0.25) is 9.59 Å². The molecule has 4 nitrogen and oxygen atoms in total. The Kier molecular flexibility index (Phi) is 5.58. The monoisotopic (exact) mass is 302 g/mol. The van der Waals surface area contributed by atoms with Gasteiger partial charge in [-0.2, -0.15) is 0 Å². The molecule has 0 aliphatic carbocycles. The smallest absolute Gasteiger partial charge is 0.227 e. The van der Waals surface area contributed by atoms with Crippen LogP contribution in [0.4, 0.5) is 11.4 Å². The van der Waals surface area contributed by atoms with Crippen molar-refractivity contribution < 1.29 is 9.59 Å². The summed E-state index contributed by atoms with van der Waals surface area (Å²) < 4.78 is 0. The van der Waals surface area contributed by atoms with E-state index in [9.17, 15) is 9.59 Å². The highest BCUT2D eigenvalue weighted by atomic mass is 16.2. The van der Waals surface area contributed by atoms with Crippen LogP contribution in [0.25, 0.3) is 0 Å². The second kappa shape index (κ2) is 7.43. The van der Waals surface area contributed by atoms with Crippen molar-refractivity contribution in [2.75, 3.05) is 16.8 Å². The molecule has 1 N–H and O–H groups in total. The lowest BCUT2D eigenvalue weighted by atomic mass is 9.97. The molecule has 1 aromatic carbocycles. The number of benzene rings is 1. The number of carbonyl (C=O) groups excluding carboxylic acids is 2. The zero-order valence-corrected chi connectivity index (χ0v) is 13.8. The summed E-state index contributed by atoms with van der Waals surface area (Å²) in [5, 5.41) is 3.02. The lowest BCUT2D eigenvalue weighted by Crippen LogP contribution is -2.26. The summed E-state index contributed by atoms with van der Waals surface area (Å²) in [5.41, 5.74) is 2.90. The van der Waals surface area contributed by atoms with Crippen molar-refractivity contribution in [3.63, 3.8) is 0 Å². The minimum absolute atomic E-state index is 0.0528. The molecule has 2 amide bonds. The lowest BCUT2D eigenvalue weighted by Gasteiger charge is -2.18. The van der Waals surface area contributed by atoms with Gasteiger partial charge in [0, 0.05) is 30.8 Å². The summed E-state index contributed by atoms with van der Waals surface area (Å²) in [6.45, 7) is 6.53. The van der Waals surface area contributed by atoms with Gasteiger partial charge in [-0.25, -0.2) is 0 Å². The van der Waals surface area contributed by atoms with Gasteiger partial charge in [-0.15, -0.1) is 0 Å². The molecule has 0 aromatic heterocycles. The molecule has 0 fully saturated rings. The first-order valence-corrected chi connectivity index (χ1v) is 8.28. The molecular formula is C18H26N2O2. The molecule has 1 heterocycles. The Bertz CT molecular complexity index is 548. The van der Waals surface area contributed by atoms with Gasteiger partial charge in [0.05, 0.1) is 0 Å². The number of hydrogen-bond acceptors (Lipinski definition) is 2. The second-order valence-corrected chi connectivity index (χ2v) is 6.03. The van der Waals surface area contributed by atoms with Crippen LogP contribution in [0.1, 0.15) is 52.0 Å². The Hall–Kier alpha value is -1.84. The molecule has 0 saturated heterocycles. The fraction of sp³-hybridized carbons (Fsp3) is 0.556. The number of anilines is 2. The summed E-state index contributed by atoms with van der Waals surface area (Å²) in [6, 6.07) is 5.88. The van der Waals surface area contributed by atoms with Crippen LogP contribution in [-0.2, 0) is 16.0 Å². The summed E-state index contributed by atoms with van der Waals surface area (Å²) >= 11 is 0. The molecule has 22 heavy (non-hydrogen) atoms. The van der Waals surface area contributed by atoms with E-state index in [4.69, 9.17) is 0 Å². The van der Waals surface area contributed by atoms with Crippen LogP contribution in [0.2, 0.25) is 0 Å². The van der Waals surface area contributed by atoms with Gasteiger partial charge in [-0.1, -0.05) is 32.8 Å². The highest BCUT2D eigenvalue weighted by Gasteiger charge is 2.23. The van der Waals surface area contributed by atoms with Crippen molar-refractivity contribution in [2.45, 2.75) is 52.9 Å². The maximum absolute atomic E-state index is 12.4. The summed E-state index contributed by atoms with van der Waals surface area (Å²) in [6.07, 6.45) is 4.76. The number of fused-ring (bicyclic) bond motifs is 1. The van der Waals surface area contributed by atoms with Crippen molar-refractivity contribution >= 4 is 23.2 Å². The van der Waals surface area contributed by atoms with Crippen molar-refractivity contribution in [1.29, 1.82) is 0 Å². The topological polar surface area (TPSA) is 49.4 Å². The quantitative estimate of drug-likeness (QED) is 0.870. The SMILES string of the molecule is CCCC(CCC)C(=O)Nc1ccc2c(c1)N(C(C)=O)CC2. The molecule has 120 valence electrons. The van der Waals surface area contributed by atoms with Crippen molar-refractivity contribution in [1.82, 2.24) is 0 Å². The van der Waals surface area contributed by atoms with Gasteiger partial charge >= 0.3 is 0 Å². The molecule has 1 aliphatic rings. The predicted octanol–water partition coefficient (Wildman–Crippen LogP) is 3.75. The minimum atomic E-state index is 0.0528. The Morgan fingerprint density at radius 1 is 1.23 bits per heavy atom. The van der Waals surface area contributed by atoms with Gasteiger partial charge in [-0.05, 0) is 37.0 Å². The van der Waals surface area contributed by atoms with E-state index in [1.807, 2.05) is 18.2 Å². The number of carbonyl (C=O) groups is 2. The first-order chi connectivity index (χ1) is 10.6. The van der Waals surface area contributed by atoms with E-state index in [0.29, 0.717) is 0 Å². The molecule has 0 unspecified atom stereocenters. The average Bonchev–Trinajstić information content (AvgIpc) is 2.90. The van der Waals surface area contributed by atoms with Gasteiger partial charge in [0.2, 0.25) is 11.8 Å². The Morgan fingerprint density at radius 3 is 2.50 bits per heavy atom. The number of rotatable bonds is 6. The van der Waals surface area contributed by atoms with Crippen LogP contribution in [-0.4, -0.2) is 18.4 Å². The van der Waals surface area contributed by atoms with Gasteiger partial charge in [0.25, 0.3) is 0 Å². The normalized spacial score (nSPS) is 13.4. The molecule has 0 saturated carbocycles. The number of nitrogens with one attached hydrogen (secondary N) is 1. The average molecular weight is 302 g/mol. The van der Waals surface area contributed by atoms with Crippen LogP contribution in [0.3, 0.4) is 0 Å². The standard InChI is InChI=1S/C18H26N2O2/c1-4-6-15(7-5-2)18(22)19-16-9-8-14-10-11-20(13(3)21)17(14)12-16/h8-9,12,15H,4-7,10-11H2,1-3H3,(H,19,22). The maximum atomic E-state index is 12.4. The zero-order chi connectivity index (χ0) is 16.1. The molecule has 0 atom stereocenters. The minimum Gasteiger partial charge on any atom is -0.326 e. The van der Waals surface area contributed by atoms with Crippen LogP contribution < -0.4 is 10.2 Å². The lowest BCUT2D eigenvalue weighted by molar-refractivity contribution is -0.120. The van der Waals surface area contributed by atoms with Crippen LogP contribution in [0.5, 0.6) is 0 Å². The van der Waals surface area contributed by atoms with Crippen LogP contribution >= 0.6 is 0 Å². The van der Waals surface area contributed by atoms with Crippen LogP contribution in [0.15, 0.2) is 18.2 Å². The van der Waals surface area contributed by atoms with Gasteiger partial charge < -0.3 is 10.2 Å². The zero-order valence-electron chi connectivity index (χ0n) is 13.8. The molecule has 0 bridgehead atoms. The summed E-state index contributed by atoms with van der Waals surface area (Å²) in [7, 11) is 0. The Balaban J connectivity index is 2.12. The van der Waals surface area contributed by atoms with Crippen molar-refractivity contribution in [3.05, 3.63) is 23.8 Å². The molecule has 0 spiro atoms. The van der Waals surface area contributed by atoms with Crippen molar-refractivity contribution in [2.24, 2.45) is 5.92 Å². The third-order valence-electron chi connectivity index (χ3n) is 4.27. The second-order valence-electron chi connectivity index (χ2n) is 6.03. The largest absolute Gasteiger partial charge is 0.326 e. The third kappa shape index (κ3) is 3.67. The third-order valence-corrected chi connectivity index (χ3v) is 4.27. The van der Waals surface area contributed by atoms with Gasteiger partial charge in [0.15, 0.2) is 0 Å². The molecule has 2 rings (SSSR count). The molecule has 4 heteroatoms. The van der Waals surface area contributed by atoms with E-state index in [-0.39, 0.29) is 17.7 Å². The van der Waals surface area contributed by atoms with Crippen molar-refractivity contribution in [3.8, 4) is 0 Å². The van der Waals surface area contributed by atoms with E-state index in [1.165, 1.54) is 5.56 Å². The highest BCUT2D eigenvalue weighted by Crippen LogP contribution is 2.31. The summed E-state index contributed by atoms with van der Waals surface area (Å²) in [4.78, 5) is 25.9. The fourth-order valence-corrected chi connectivity index (χ4v) is 3.13. The highest BCUT2D eigenvalue weighted by molar-refractivity contribution is 5.97. The Labute approximate surface area is 132 Å². The molecular weight excluding hydrogens is 276 g/mol. The molecule has 1 aliphatic heterocycles.